The van der Waals surface area contributed by atoms with Crippen LogP contribution in [0.4, 0.5) is 51.6 Å². The number of hydrogen-bond acceptors (Lipinski definition) is 10. The first-order chi connectivity index (χ1) is 47.5. The fourth-order valence-corrected chi connectivity index (χ4v) is 14.4. The van der Waals surface area contributed by atoms with Crippen LogP contribution < -0.4 is 37.2 Å². The van der Waals surface area contributed by atoms with Crippen molar-refractivity contribution in [2.75, 3.05) is 31.5 Å². The normalized spacial score (nSPS) is 16.3. The number of aromatic nitrogens is 3. The number of benzene rings is 6. The molecule has 4 amide bonds. The average molecular weight is 1330 g/mol. The lowest BCUT2D eigenvalue weighted by molar-refractivity contribution is -0.122. The summed E-state index contributed by atoms with van der Waals surface area (Å²) in [6, 6.07) is 51.6. The van der Waals surface area contributed by atoms with Gasteiger partial charge in [0.2, 0.25) is 23.6 Å². The third-order valence-electron chi connectivity index (χ3n) is 19.4. The highest BCUT2D eigenvalue weighted by Gasteiger charge is 2.27. The molecule has 0 spiro atoms. The highest BCUT2D eigenvalue weighted by Crippen LogP contribution is 2.40. The van der Waals surface area contributed by atoms with Gasteiger partial charge in [-0.15, -0.1) is 0 Å². The Kier molecular flexibility index (Phi) is 23.0. The maximum absolute atomic E-state index is 13.2. The lowest BCUT2D eigenvalue weighted by atomic mass is 9.88. The number of pyridine rings is 3. The fraction of sp³-hybridized carbons (Fsp3) is 0.321. The van der Waals surface area contributed by atoms with Crippen molar-refractivity contribution in [2.24, 2.45) is 29.4 Å². The minimum atomic E-state index is -0.109. The van der Waals surface area contributed by atoms with E-state index >= 15 is 0 Å². The number of hydrogen-bond donors (Lipinski definition) is 6. The number of fused-ring (bicyclic) bond motifs is 4. The van der Waals surface area contributed by atoms with Crippen molar-refractivity contribution in [1.29, 1.82) is 0 Å². The second-order valence-electron chi connectivity index (χ2n) is 26.2. The summed E-state index contributed by atoms with van der Waals surface area (Å²) in [7, 11) is 0. The van der Waals surface area contributed by atoms with Crippen molar-refractivity contribution >= 4 is 137 Å². The molecule has 3 heterocycles. The van der Waals surface area contributed by atoms with E-state index in [1.165, 1.54) is 48.9 Å². The Morgan fingerprint density at radius 2 is 0.928 bits per heavy atom. The Bertz CT molecular complexity index is 4360. The van der Waals surface area contributed by atoms with Crippen molar-refractivity contribution < 1.29 is 19.2 Å². The quantitative estimate of drug-likeness (QED) is 0.0609. The highest BCUT2D eigenvalue weighted by atomic mass is 35.5. The number of amides is 4. The summed E-state index contributed by atoms with van der Waals surface area (Å²) in [5.41, 5.74) is 16.8. The third-order valence-corrected chi connectivity index (χ3v) is 20.1. The zero-order valence-electron chi connectivity index (χ0n) is 55.0. The number of rotatable bonds is 14. The van der Waals surface area contributed by atoms with Gasteiger partial charge in [-0.25, -0.2) is 15.0 Å². The zero-order valence-corrected chi connectivity index (χ0v) is 56.5. The van der Waals surface area contributed by atoms with E-state index in [2.05, 4.69) is 102 Å². The number of carbonyl (C=O) groups is 4. The molecule has 14 nitrogen and oxygen atoms in total. The first-order valence-corrected chi connectivity index (χ1v) is 35.6. The van der Waals surface area contributed by atoms with Gasteiger partial charge in [-0.2, -0.15) is 0 Å². The monoisotopic (exact) mass is 1330 g/mol. The molecule has 0 aliphatic heterocycles. The number of halogens is 2. The van der Waals surface area contributed by atoms with E-state index in [1.54, 1.807) is 12.1 Å². The predicted octanol–water partition coefficient (Wildman–Crippen LogP) is 20.7. The minimum Gasteiger partial charge on any atom is -0.369 e. The van der Waals surface area contributed by atoms with E-state index in [1.807, 2.05) is 115 Å². The summed E-state index contributed by atoms with van der Waals surface area (Å²) in [4.78, 5) is 65.9. The molecule has 0 atom stereocenters. The second-order valence-corrected chi connectivity index (χ2v) is 27.1. The molecule has 0 radical (unpaired) electrons. The van der Waals surface area contributed by atoms with Gasteiger partial charge in [0, 0.05) is 80.8 Å². The number of allylic oxidation sites excluding steroid dienone is 5. The summed E-state index contributed by atoms with van der Waals surface area (Å²) in [6.07, 6.45) is 34.7. The molecule has 4 saturated carbocycles. The predicted molar refractivity (Wildman–Crippen MR) is 399 cm³/mol. The molecule has 3 aromatic heterocycles. The molecule has 0 bridgehead atoms. The van der Waals surface area contributed by atoms with Crippen LogP contribution in [0, 0.1) is 23.7 Å². The molecule has 9 aromatic rings. The molecular formula is C81H86Cl2N10O4. The van der Waals surface area contributed by atoms with Gasteiger partial charge in [-0.1, -0.05) is 197 Å². The number of primary amides is 1. The summed E-state index contributed by atoms with van der Waals surface area (Å²) in [6.45, 7) is 0. The van der Waals surface area contributed by atoms with Crippen LogP contribution in [0.5, 0.6) is 0 Å². The van der Waals surface area contributed by atoms with Gasteiger partial charge >= 0.3 is 0 Å². The third kappa shape index (κ3) is 17.8. The van der Waals surface area contributed by atoms with Gasteiger partial charge in [0.1, 0.15) is 17.5 Å². The number of nitrogens with zero attached hydrogens (tertiary/aromatic N) is 4. The zero-order chi connectivity index (χ0) is 66.9. The van der Waals surface area contributed by atoms with E-state index in [-0.39, 0.29) is 47.3 Å². The number of nitrogens with one attached hydrogen (secondary N) is 5. The van der Waals surface area contributed by atoms with E-state index in [9.17, 15) is 19.2 Å². The molecule has 498 valence electrons. The van der Waals surface area contributed by atoms with Crippen LogP contribution in [0.25, 0.3) is 38.8 Å². The first-order valence-electron chi connectivity index (χ1n) is 34.9. The molecule has 6 aromatic carbocycles. The Labute approximate surface area is 579 Å². The van der Waals surface area contributed by atoms with Gasteiger partial charge in [-0.05, 0) is 148 Å². The standard InChI is InChI=1S/C31H31N3O.C22H21Cl2N3O.C22H23N3O.C6H11NO/c35-31(23-10-3-1-4-11-23)33-29-21-30(32-28-17-8-7-16-27(28)29)34(25-14-5-2-6-15-25)26-19-18-22-12-9-13-24(22)20-26;23-17-11-10-15(12-18(17)24)25-21-13-20(16-8-4-5-9-19(16)26-21)27-22(28)14-6-2-1-3-7-14;26-22(16-9-3-1-4-10-16)25-20-15-21(23-17-11-5-2-6-12-17)24-19-14-8-7-13-18(19)20;7-6(8)5-3-1-2-4-5/h2,5,7-9,13-14,16-21,23H,1,3-4,6,10-12,15H2,(H,32,33,35);4-5,8-14H,1-3,6-7H2,(H2,25,26,27,28);2,5-8,11-16H,1,3-4,9-10H2,(H2,23,24,25,26);5H,1-4H2,(H2,7,8). The van der Waals surface area contributed by atoms with Gasteiger partial charge in [0.25, 0.3) is 0 Å². The number of nitrogens with two attached hydrogens (primary N) is 1. The Morgan fingerprint density at radius 1 is 0.454 bits per heavy atom. The van der Waals surface area contributed by atoms with Crippen LogP contribution in [0.1, 0.15) is 146 Å². The maximum Gasteiger partial charge on any atom is 0.227 e. The van der Waals surface area contributed by atoms with Gasteiger partial charge < -0.3 is 32.3 Å². The van der Waals surface area contributed by atoms with Crippen molar-refractivity contribution in [1.82, 2.24) is 15.0 Å². The second kappa shape index (κ2) is 33.1. The molecular weight excluding hydrogens is 1250 g/mol. The van der Waals surface area contributed by atoms with E-state index in [4.69, 9.17) is 33.9 Å². The summed E-state index contributed by atoms with van der Waals surface area (Å²) in [5, 5.41) is 20.0. The van der Waals surface area contributed by atoms with Crippen LogP contribution in [0.3, 0.4) is 0 Å². The molecule has 15 rings (SSSR count). The highest BCUT2D eigenvalue weighted by molar-refractivity contribution is 6.42. The van der Waals surface area contributed by atoms with Crippen LogP contribution in [0.2, 0.25) is 10.0 Å². The molecule has 0 saturated heterocycles. The lowest BCUT2D eigenvalue weighted by Crippen LogP contribution is -2.25. The summed E-state index contributed by atoms with van der Waals surface area (Å²) < 4.78 is 0. The van der Waals surface area contributed by atoms with Crippen molar-refractivity contribution in [3.8, 4) is 0 Å². The van der Waals surface area contributed by atoms with Crippen molar-refractivity contribution in [3.05, 3.63) is 209 Å². The van der Waals surface area contributed by atoms with Crippen LogP contribution >= 0.6 is 23.2 Å². The van der Waals surface area contributed by atoms with Crippen LogP contribution in [-0.4, -0.2) is 38.6 Å². The van der Waals surface area contributed by atoms with Crippen molar-refractivity contribution in [2.45, 2.75) is 141 Å². The Balaban J connectivity index is 0.000000132. The summed E-state index contributed by atoms with van der Waals surface area (Å²) >= 11 is 12.1. The number of anilines is 9. The molecule has 0 unspecified atom stereocenters. The SMILES string of the molecule is NC(=O)C1CCCC1.O=C(Nc1cc(N(C2=CC=CCC2)c2ccc3c(c2)C=CC3)nc2ccccc12)C1CCCCC1.O=C(Nc1cc(Nc2ccc(Cl)c(Cl)c2)nc2ccccc12)C1CCCCC1.O=C(Nc1cc(Nc2ccccc2)nc2ccccc12)C1CCCCC1. The van der Waals surface area contributed by atoms with Crippen LogP contribution in [-0.2, 0) is 25.6 Å². The largest absolute Gasteiger partial charge is 0.369 e. The molecule has 6 aliphatic rings. The van der Waals surface area contributed by atoms with E-state index in [0.29, 0.717) is 15.9 Å². The van der Waals surface area contributed by atoms with E-state index in [0.717, 1.165) is 188 Å². The van der Waals surface area contributed by atoms with Crippen LogP contribution in [0.15, 0.2) is 188 Å². The number of carbonyl (C=O) groups excluding carboxylic acids is 4. The maximum atomic E-state index is 13.2. The summed E-state index contributed by atoms with van der Waals surface area (Å²) in [5.74, 6) is 2.98. The Morgan fingerprint density at radius 3 is 1.42 bits per heavy atom. The van der Waals surface area contributed by atoms with Gasteiger partial charge in [-0.3, -0.25) is 24.1 Å². The minimum absolute atomic E-state index is 0.0900. The Hall–Kier alpha value is -9.37. The molecule has 6 aliphatic carbocycles. The molecule has 16 heteroatoms. The lowest BCUT2D eigenvalue weighted by Gasteiger charge is -2.29. The molecule has 4 fully saturated rings. The fourth-order valence-electron chi connectivity index (χ4n) is 14.1. The smallest absolute Gasteiger partial charge is 0.227 e. The van der Waals surface area contributed by atoms with Gasteiger partial charge in [0.15, 0.2) is 0 Å². The number of para-hydroxylation sites is 4. The topological polar surface area (TPSA) is 196 Å². The molecule has 7 N–H and O–H groups in total. The van der Waals surface area contributed by atoms with E-state index < -0.39 is 0 Å². The van der Waals surface area contributed by atoms with Gasteiger partial charge in [0.05, 0.1) is 43.7 Å². The molecule has 97 heavy (non-hydrogen) atoms. The average Bonchev–Trinajstić information content (AvgIpc) is 1.47. The first kappa shape index (κ1) is 67.6. The van der Waals surface area contributed by atoms with Crippen molar-refractivity contribution in [3.63, 3.8) is 0 Å².